The summed E-state index contributed by atoms with van der Waals surface area (Å²) in [4.78, 5) is 16.9. The maximum atomic E-state index is 10.8. The van der Waals surface area contributed by atoms with Gasteiger partial charge in [-0.2, -0.15) is 0 Å². The summed E-state index contributed by atoms with van der Waals surface area (Å²) in [5.74, 6) is -0.983. The van der Waals surface area contributed by atoms with Crippen molar-refractivity contribution in [2.75, 3.05) is 20.2 Å². The van der Waals surface area contributed by atoms with Crippen molar-refractivity contribution in [3.8, 4) is 0 Å². The number of carboxylic acids is 1. The van der Waals surface area contributed by atoms with Crippen molar-refractivity contribution in [1.29, 1.82) is 0 Å². The molecule has 1 saturated heterocycles. The second kappa shape index (κ2) is 5.25. The Morgan fingerprint density at radius 3 is 3.18 bits per heavy atom. The number of carbonyl (C=O) groups is 1. The summed E-state index contributed by atoms with van der Waals surface area (Å²) in [5, 5.41) is 8.85. The molecule has 0 amide bonds. The summed E-state index contributed by atoms with van der Waals surface area (Å²) in [6, 6.07) is 3.48. The number of carboxylic acid groups (broad SMARTS) is 1. The Kier molecular flexibility index (Phi) is 3.71. The van der Waals surface area contributed by atoms with E-state index < -0.39 is 5.97 Å². The molecule has 0 spiro atoms. The van der Waals surface area contributed by atoms with Crippen LogP contribution in [-0.2, 0) is 11.3 Å². The quantitative estimate of drug-likeness (QED) is 0.845. The van der Waals surface area contributed by atoms with E-state index in [2.05, 4.69) is 9.88 Å². The number of aromatic nitrogens is 1. The molecule has 0 radical (unpaired) electrons. The van der Waals surface area contributed by atoms with Crippen LogP contribution in [0.3, 0.4) is 0 Å². The Bertz CT molecular complexity index is 408. The van der Waals surface area contributed by atoms with Gasteiger partial charge in [0.15, 0.2) is 0 Å². The van der Waals surface area contributed by atoms with Crippen LogP contribution in [-0.4, -0.2) is 47.3 Å². The number of hydrogen-bond acceptors (Lipinski definition) is 4. The molecule has 92 valence electrons. The van der Waals surface area contributed by atoms with Crippen LogP contribution in [0.15, 0.2) is 18.3 Å². The van der Waals surface area contributed by atoms with Crippen LogP contribution in [0.25, 0.3) is 0 Å². The van der Waals surface area contributed by atoms with Crippen molar-refractivity contribution in [1.82, 2.24) is 9.88 Å². The number of aromatic carboxylic acids is 1. The molecule has 0 aliphatic carbocycles. The first-order valence-corrected chi connectivity index (χ1v) is 5.62. The molecule has 2 rings (SSSR count). The third kappa shape index (κ3) is 3.01. The van der Waals surface area contributed by atoms with Crippen LogP contribution >= 0.6 is 0 Å². The van der Waals surface area contributed by atoms with Crippen molar-refractivity contribution >= 4 is 5.97 Å². The second-order valence-corrected chi connectivity index (χ2v) is 4.24. The number of rotatable bonds is 4. The molecule has 5 nitrogen and oxygen atoms in total. The summed E-state index contributed by atoms with van der Waals surface area (Å²) in [6.45, 7) is 2.65. The van der Waals surface area contributed by atoms with E-state index >= 15 is 0 Å². The molecule has 0 bridgehead atoms. The molecule has 1 aliphatic rings. The van der Waals surface area contributed by atoms with Crippen molar-refractivity contribution in [3.63, 3.8) is 0 Å². The summed E-state index contributed by atoms with van der Waals surface area (Å²) in [6.07, 6.45) is 2.88. The van der Waals surface area contributed by atoms with Crippen LogP contribution < -0.4 is 0 Å². The lowest BCUT2D eigenvalue weighted by Gasteiger charge is -2.15. The lowest BCUT2D eigenvalue weighted by atomic mass is 10.2. The molecule has 2 heterocycles. The number of ether oxygens (including phenoxy) is 1. The van der Waals surface area contributed by atoms with Gasteiger partial charge in [0.1, 0.15) is 5.69 Å². The van der Waals surface area contributed by atoms with Gasteiger partial charge in [0.05, 0.1) is 6.10 Å². The zero-order valence-electron chi connectivity index (χ0n) is 9.80. The average Bonchev–Trinajstić information content (AvgIpc) is 2.77. The first-order chi connectivity index (χ1) is 8.19. The number of hydrogen-bond donors (Lipinski definition) is 1. The van der Waals surface area contributed by atoms with E-state index in [9.17, 15) is 4.79 Å². The average molecular weight is 236 g/mol. The highest BCUT2D eigenvalue weighted by molar-refractivity contribution is 5.85. The molecular weight excluding hydrogens is 220 g/mol. The van der Waals surface area contributed by atoms with Gasteiger partial charge in [-0.1, -0.05) is 0 Å². The Morgan fingerprint density at radius 2 is 2.53 bits per heavy atom. The number of pyridine rings is 1. The molecule has 1 unspecified atom stereocenters. The normalized spacial score (nSPS) is 20.6. The van der Waals surface area contributed by atoms with Crippen LogP contribution in [0.5, 0.6) is 0 Å². The van der Waals surface area contributed by atoms with Crippen molar-refractivity contribution in [2.24, 2.45) is 0 Å². The lowest BCUT2D eigenvalue weighted by molar-refractivity contribution is 0.0690. The fraction of sp³-hybridized carbons (Fsp3) is 0.500. The van der Waals surface area contributed by atoms with Gasteiger partial charge in [-0.15, -0.1) is 0 Å². The van der Waals surface area contributed by atoms with E-state index in [-0.39, 0.29) is 5.69 Å². The molecule has 17 heavy (non-hydrogen) atoms. The Balaban J connectivity index is 1.99. The Labute approximate surface area is 100 Å². The predicted octanol–water partition coefficient (Wildman–Crippen LogP) is 1.00. The van der Waals surface area contributed by atoms with Gasteiger partial charge in [0, 0.05) is 32.9 Å². The number of likely N-dealkylation sites (tertiary alicyclic amines) is 1. The summed E-state index contributed by atoms with van der Waals surface area (Å²) >= 11 is 0. The highest BCUT2D eigenvalue weighted by atomic mass is 16.5. The van der Waals surface area contributed by atoms with E-state index in [0.29, 0.717) is 6.10 Å². The molecule has 1 fully saturated rings. The summed E-state index contributed by atoms with van der Waals surface area (Å²) < 4.78 is 5.29. The number of nitrogens with zero attached hydrogens (tertiary/aromatic N) is 2. The van der Waals surface area contributed by atoms with Gasteiger partial charge in [0.25, 0.3) is 0 Å². The molecule has 1 aromatic rings. The summed E-state index contributed by atoms with van der Waals surface area (Å²) in [7, 11) is 1.73. The fourth-order valence-electron chi connectivity index (χ4n) is 2.08. The molecule has 5 heteroatoms. The molecule has 1 aliphatic heterocycles. The maximum absolute atomic E-state index is 10.8. The lowest BCUT2D eigenvalue weighted by Crippen LogP contribution is -2.22. The highest BCUT2D eigenvalue weighted by Crippen LogP contribution is 2.15. The van der Waals surface area contributed by atoms with E-state index in [1.807, 2.05) is 6.07 Å². The van der Waals surface area contributed by atoms with Gasteiger partial charge >= 0.3 is 5.97 Å². The topological polar surface area (TPSA) is 62.7 Å². The fourth-order valence-corrected chi connectivity index (χ4v) is 2.08. The molecular formula is C12H16N2O3. The molecule has 0 aromatic carbocycles. The standard InChI is InChI=1S/C12H16N2O3/c1-17-10-3-5-14(8-10)7-9-2-4-13-11(6-9)12(15)16/h2,4,6,10H,3,5,7-8H2,1H3,(H,15,16). The van der Waals surface area contributed by atoms with Crippen LogP contribution in [0.1, 0.15) is 22.5 Å². The van der Waals surface area contributed by atoms with Crippen molar-refractivity contribution in [2.45, 2.75) is 19.1 Å². The molecule has 1 atom stereocenters. The minimum atomic E-state index is -0.983. The van der Waals surface area contributed by atoms with E-state index in [1.165, 1.54) is 0 Å². The van der Waals surface area contributed by atoms with Gasteiger partial charge in [-0.05, 0) is 24.1 Å². The van der Waals surface area contributed by atoms with E-state index in [1.54, 1.807) is 19.4 Å². The SMILES string of the molecule is COC1CCN(Cc2ccnc(C(=O)O)c2)C1. The minimum Gasteiger partial charge on any atom is -0.477 e. The van der Waals surface area contributed by atoms with E-state index in [4.69, 9.17) is 9.84 Å². The first kappa shape index (κ1) is 12.0. The molecule has 1 N–H and O–H groups in total. The predicted molar refractivity (Wildman–Crippen MR) is 61.9 cm³/mol. The zero-order chi connectivity index (χ0) is 12.3. The van der Waals surface area contributed by atoms with E-state index in [0.717, 1.165) is 31.6 Å². The van der Waals surface area contributed by atoms with Gasteiger partial charge in [-0.25, -0.2) is 9.78 Å². The third-order valence-electron chi connectivity index (χ3n) is 3.01. The van der Waals surface area contributed by atoms with Gasteiger partial charge < -0.3 is 9.84 Å². The van der Waals surface area contributed by atoms with Crippen LogP contribution in [0.2, 0.25) is 0 Å². The van der Waals surface area contributed by atoms with Crippen molar-refractivity contribution < 1.29 is 14.6 Å². The Hall–Kier alpha value is -1.46. The van der Waals surface area contributed by atoms with Crippen molar-refractivity contribution in [3.05, 3.63) is 29.6 Å². The maximum Gasteiger partial charge on any atom is 0.354 e. The molecule has 1 aromatic heterocycles. The number of methoxy groups -OCH3 is 1. The smallest absolute Gasteiger partial charge is 0.354 e. The highest BCUT2D eigenvalue weighted by Gasteiger charge is 2.22. The molecule has 0 saturated carbocycles. The largest absolute Gasteiger partial charge is 0.477 e. The van der Waals surface area contributed by atoms with Gasteiger partial charge in [0.2, 0.25) is 0 Å². The second-order valence-electron chi connectivity index (χ2n) is 4.24. The van der Waals surface area contributed by atoms with Crippen LogP contribution in [0.4, 0.5) is 0 Å². The van der Waals surface area contributed by atoms with Crippen LogP contribution in [0, 0.1) is 0 Å². The Morgan fingerprint density at radius 1 is 1.71 bits per heavy atom. The summed E-state index contributed by atoms with van der Waals surface area (Å²) in [5.41, 5.74) is 1.08. The third-order valence-corrected chi connectivity index (χ3v) is 3.01. The first-order valence-electron chi connectivity index (χ1n) is 5.62. The zero-order valence-corrected chi connectivity index (χ0v) is 9.80. The monoisotopic (exact) mass is 236 g/mol. The minimum absolute atomic E-state index is 0.102. The van der Waals surface area contributed by atoms with Gasteiger partial charge in [-0.3, -0.25) is 4.90 Å².